The van der Waals surface area contributed by atoms with Crippen molar-refractivity contribution in [3.63, 3.8) is 0 Å². The van der Waals surface area contributed by atoms with E-state index in [9.17, 15) is 9.59 Å². The van der Waals surface area contributed by atoms with E-state index in [2.05, 4.69) is 0 Å². The third kappa shape index (κ3) is 3.80. The summed E-state index contributed by atoms with van der Waals surface area (Å²) in [6.45, 7) is 1.57. The molecule has 6 nitrogen and oxygen atoms in total. The quantitative estimate of drug-likeness (QED) is 0.738. The predicted molar refractivity (Wildman–Crippen MR) is 91.5 cm³/mol. The summed E-state index contributed by atoms with van der Waals surface area (Å²) < 4.78 is 16.2. The van der Waals surface area contributed by atoms with E-state index in [4.69, 9.17) is 19.0 Å². The number of hydrogen-bond donors (Lipinski definition) is 1. The first-order valence-corrected chi connectivity index (χ1v) is 7.74. The van der Waals surface area contributed by atoms with Crippen LogP contribution in [0.1, 0.15) is 12.5 Å². The number of hydrogen-bond acceptors (Lipinski definition) is 5. The average molecular weight is 340 g/mol. The molecule has 3 aromatic rings. The molecule has 3 rings (SSSR count). The molecule has 1 heterocycles. The van der Waals surface area contributed by atoms with Crippen LogP contribution in [0.5, 0.6) is 17.2 Å². The van der Waals surface area contributed by atoms with Crippen molar-refractivity contribution in [3.8, 4) is 17.2 Å². The lowest BCUT2D eigenvalue weighted by atomic mass is 10.2. The number of carbonyl (C=O) groups is 1. The van der Waals surface area contributed by atoms with Crippen molar-refractivity contribution >= 4 is 16.9 Å². The van der Waals surface area contributed by atoms with Crippen LogP contribution in [0, 0.1) is 0 Å². The van der Waals surface area contributed by atoms with E-state index in [0.717, 1.165) is 12.0 Å². The van der Waals surface area contributed by atoms with E-state index >= 15 is 0 Å². The summed E-state index contributed by atoms with van der Waals surface area (Å²) in [5.41, 5.74) is 1.08. The molecule has 0 atom stereocenters. The van der Waals surface area contributed by atoms with Gasteiger partial charge in [0.25, 0.3) is 0 Å². The predicted octanol–water partition coefficient (Wildman–Crippen LogP) is 3.61. The number of aryl methyl sites for hydroxylation is 1. The van der Waals surface area contributed by atoms with Gasteiger partial charge in [0.05, 0.1) is 5.39 Å². The van der Waals surface area contributed by atoms with Crippen LogP contribution in [0.25, 0.3) is 11.0 Å². The van der Waals surface area contributed by atoms with E-state index in [1.165, 1.54) is 24.5 Å². The maximum absolute atomic E-state index is 12.5. The molecule has 0 spiro atoms. The summed E-state index contributed by atoms with van der Waals surface area (Å²) in [6.07, 6.45) is 2.10. The second kappa shape index (κ2) is 7.09. The number of benzene rings is 2. The van der Waals surface area contributed by atoms with Gasteiger partial charge in [-0.1, -0.05) is 19.1 Å². The number of carboxylic acid groups (broad SMARTS) is 1. The second-order valence-corrected chi connectivity index (χ2v) is 5.37. The van der Waals surface area contributed by atoms with Crippen molar-refractivity contribution in [2.45, 2.75) is 13.3 Å². The van der Waals surface area contributed by atoms with Crippen LogP contribution in [0.4, 0.5) is 0 Å². The van der Waals surface area contributed by atoms with Gasteiger partial charge in [0.2, 0.25) is 11.2 Å². The highest BCUT2D eigenvalue weighted by atomic mass is 16.5. The molecule has 0 aliphatic heterocycles. The summed E-state index contributed by atoms with van der Waals surface area (Å²) >= 11 is 0. The lowest BCUT2D eigenvalue weighted by Crippen LogP contribution is -2.09. The molecule has 0 amide bonds. The Kier molecular flexibility index (Phi) is 4.70. The first kappa shape index (κ1) is 16.6. The fraction of sp³-hybridized carbons (Fsp3) is 0.158. The Morgan fingerprint density at radius 2 is 2.00 bits per heavy atom. The van der Waals surface area contributed by atoms with Gasteiger partial charge in [0.15, 0.2) is 6.61 Å². The summed E-state index contributed by atoms with van der Waals surface area (Å²) in [5, 5.41) is 8.96. The Balaban J connectivity index is 1.90. The molecule has 1 aromatic heterocycles. The Bertz CT molecular complexity index is 973. The maximum Gasteiger partial charge on any atom is 0.341 e. The Hall–Kier alpha value is -3.28. The Morgan fingerprint density at radius 1 is 1.16 bits per heavy atom. The fourth-order valence-electron chi connectivity index (χ4n) is 2.35. The van der Waals surface area contributed by atoms with Crippen molar-refractivity contribution < 1.29 is 23.8 Å². The van der Waals surface area contributed by atoms with Gasteiger partial charge in [-0.05, 0) is 36.2 Å². The molecule has 25 heavy (non-hydrogen) atoms. The molecular formula is C19H16O6. The number of fused-ring (bicyclic) bond motifs is 1. The topological polar surface area (TPSA) is 86.0 Å². The molecule has 0 unspecified atom stereocenters. The minimum Gasteiger partial charge on any atom is -0.482 e. The van der Waals surface area contributed by atoms with Crippen LogP contribution >= 0.6 is 0 Å². The molecule has 0 fully saturated rings. The Labute approximate surface area is 143 Å². The van der Waals surface area contributed by atoms with Crippen LogP contribution in [0.15, 0.2) is 57.9 Å². The van der Waals surface area contributed by atoms with Gasteiger partial charge in [0, 0.05) is 6.07 Å². The minimum absolute atomic E-state index is 0.0833. The SMILES string of the molecule is CCc1cccc(Oc2coc3cc(OCC(=O)O)ccc3c2=O)c1. The van der Waals surface area contributed by atoms with Crippen LogP contribution in [-0.2, 0) is 11.2 Å². The van der Waals surface area contributed by atoms with Gasteiger partial charge in [-0.3, -0.25) is 4.79 Å². The fourth-order valence-corrected chi connectivity index (χ4v) is 2.35. The first-order valence-electron chi connectivity index (χ1n) is 7.74. The largest absolute Gasteiger partial charge is 0.482 e. The van der Waals surface area contributed by atoms with Crippen molar-refractivity contribution in [1.29, 1.82) is 0 Å². The molecule has 128 valence electrons. The van der Waals surface area contributed by atoms with Crippen LogP contribution in [-0.4, -0.2) is 17.7 Å². The number of rotatable bonds is 6. The zero-order valence-electron chi connectivity index (χ0n) is 13.5. The lowest BCUT2D eigenvalue weighted by Gasteiger charge is -2.08. The van der Waals surface area contributed by atoms with Crippen molar-refractivity contribution in [3.05, 3.63) is 64.5 Å². The van der Waals surface area contributed by atoms with Crippen LogP contribution < -0.4 is 14.9 Å². The minimum atomic E-state index is -1.08. The zero-order valence-corrected chi connectivity index (χ0v) is 13.5. The molecular weight excluding hydrogens is 324 g/mol. The van der Waals surface area contributed by atoms with Crippen LogP contribution in [0.2, 0.25) is 0 Å². The highest BCUT2D eigenvalue weighted by Gasteiger charge is 2.11. The molecule has 1 N–H and O–H groups in total. The van der Waals surface area contributed by atoms with Crippen molar-refractivity contribution in [2.24, 2.45) is 0 Å². The maximum atomic E-state index is 12.5. The molecule has 6 heteroatoms. The normalized spacial score (nSPS) is 10.6. The smallest absolute Gasteiger partial charge is 0.341 e. The van der Waals surface area contributed by atoms with Gasteiger partial charge >= 0.3 is 5.97 Å². The van der Waals surface area contributed by atoms with Crippen molar-refractivity contribution in [1.82, 2.24) is 0 Å². The molecule has 0 aliphatic rings. The highest BCUT2D eigenvalue weighted by Crippen LogP contribution is 2.24. The molecule has 0 bridgehead atoms. The molecule has 2 aromatic carbocycles. The lowest BCUT2D eigenvalue weighted by molar-refractivity contribution is -0.139. The van der Waals surface area contributed by atoms with E-state index < -0.39 is 12.6 Å². The number of aliphatic carboxylic acids is 1. The highest BCUT2D eigenvalue weighted by molar-refractivity contribution is 5.79. The van der Waals surface area contributed by atoms with Crippen molar-refractivity contribution in [2.75, 3.05) is 6.61 Å². The van der Waals surface area contributed by atoms with Crippen LogP contribution in [0.3, 0.4) is 0 Å². The average Bonchev–Trinajstić information content (AvgIpc) is 2.62. The van der Waals surface area contributed by atoms with E-state index in [-0.39, 0.29) is 11.2 Å². The second-order valence-electron chi connectivity index (χ2n) is 5.37. The van der Waals surface area contributed by atoms with Gasteiger partial charge in [-0.2, -0.15) is 0 Å². The molecule has 0 radical (unpaired) electrons. The number of carboxylic acids is 1. The summed E-state index contributed by atoms with van der Waals surface area (Å²) in [7, 11) is 0. The molecule has 0 saturated carbocycles. The summed E-state index contributed by atoms with van der Waals surface area (Å²) in [6, 6.07) is 12.0. The summed E-state index contributed by atoms with van der Waals surface area (Å²) in [4.78, 5) is 23.1. The van der Waals surface area contributed by atoms with E-state index in [0.29, 0.717) is 22.5 Å². The van der Waals surface area contributed by atoms with Gasteiger partial charge < -0.3 is 19.0 Å². The Morgan fingerprint density at radius 3 is 2.76 bits per heavy atom. The zero-order chi connectivity index (χ0) is 17.8. The first-order chi connectivity index (χ1) is 12.1. The van der Waals surface area contributed by atoms with Gasteiger partial charge in [-0.25, -0.2) is 4.79 Å². The van der Waals surface area contributed by atoms with E-state index in [1.807, 2.05) is 25.1 Å². The van der Waals surface area contributed by atoms with Gasteiger partial charge in [-0.15, -0.1) is 0 Å². The van der Waals surface area contributed by atoms with E-state index in [1.54, 1.807) is 6.07 Å². The number of ether oxygens (including phenoxy) is 2. The third-order valence-electron chi connectivity index (χ3n) is 3.61. The van der Waals surface area contributed by atoms with Gasteiger partial charge in [0.1, 0.15) is 23.3 Å². The molecule has 0 saturated heterocycles. The monoisotopic (exact) mass is 340 g/mol. The molecule has 0 aliphatic carbocycles. The third-order valence-corrected chi connectivity index (χ3v) is 3.61. The summed E-state index contributed by atoms with van der Waals surface area (Å²) in [5.74, 6) is -0.130. The standard InChI is InChI=1S/C19H16O6/c1-2-12-4-3-5-14(8-12)25-17-10-24-16-9-13(23-11-18(20)21)6-7-15(16)19(17)22/h3-10H,2,11H2,1H3,(H,20,21).